The Balaban J connectivity index is 1.51. The van der Waals surface area contributed by atoms with Crippen LogP contribution in [0.5, 0.6) is 0 Å². The van der Waals surface area contributed by atoms with Crippen molar-refractivity contribution in [1.82, 2.24) is 10.2 Å². The number of aromatic nitrogens is 2. The molecule has 116 valence electrons. The first kappa shape index (κ1) is 13.9. The molecule has 1 N–H and O–H groups in total. The van der Waals surface area contributed by atoms with E-state index in [1.807, 2.05) is 13.0 Å². The van der Waals surface area contributed by atoms with E-state index in [9.17, 15) is 4.79 Å². The molecule has 0 unspecified atom stereocenters. The van der Waals surface area contributed by atoms with Gasteiger partial charge in [-0.15, -0.1) is 21.5 Å². The highest BCUT2D eigenvalue weighted by atomic mass is 32.1. The number of carbonyl (C=O) groups excluding carboxylic acids is 1. The lowest BCUT2D eigenvalue weighted by atomic mass is 10.1. The first-order valence-electron chi connectivity index (χ1n) is 7.96. The molecule has 6 heteroatoms. The average Bonchev–Trinajstić information content (AvgIpc) is 2.96. The second-order valence-corrected chi connectivity index (χ2v) is 7.53. The zero-order valence-electron chi connectivity index (χ0n) is 12.6. The van der Waals surface area contributed by atoms with Crippen LogP contribution in [0.2, 0.25) is 0 Å². The van der Waals surface area contributed by atoms with Gasteiger partial charge in [-0.2, -0.15) is 0 Å². The topological polar surface area (TPSA) is 68.0 Å². The molecular weight excluding hydrogens is 298 g/mol. The Labute approximate surface area is 133 Å². The lowest BCUT2D eigenvalue weighted by Gasteiger charge is -2.09. The second kappa shape index (κ2) is 5.50. The van der Waals surface area contributed by atoms with Crippen molar-refractivity contribution >= 4 is 22.9 Å². The maximum absolute atomic E-state index is 12.3. The van der Waals surface area contributed by atoms with Gasteiger partial charge in [0.15, 0.2) is 0 Å². The van der Waals surface area contributed by atoms with Gasteiger partial charge in [0, 0.05) is 16.7 Å². The van der Waals surface area contributed by atoms with Crippen LogP contribution in [-0.4, -0.2) is 16.1 Å². The molecule has 0 aromatic carbocycles. The summed E-state index contributed by atoms with van der Waals surface area (Å²) in [6.45, 7) is 2.01. The van der Waals surface area contributed by atoms with Crippen molar-refractivity contribution in [3.8, 4) is 10.8 Å². The van der Waals surface area contributed by atoms with E-state index in [0.29, 0.717) is 11.8 Å². The number of anilines is 1. The van der Waals surface area contributed by atoms with Gasteiger partial charge in [0.1, 0.15) is 0 Å². The van der Waals surface area contributed by atoms with E-state index in [2.05, 4.69) is 15.5 Å². The molecule has 0 bridgehead atoms. The minimum Gasteiger partial charge on any atom is -0.420 e. The monoisotopic (exact) mass is 317 g/mol. The summed E-state index contributed by atoms with van der Waals surface area (Å²) >= 11 is 1.59. The number of hydrogen-bond donors (Lipinski definition) is 1. The van der Waals surface area contributed by atoms with E-state index < -0.39 is 0 Å². The molecule has 2 aromatic rings. The van der Waals surface area contributed by atoms with Crippen LogP contribution >= 0.6 is 11.3 Å². The zero-order chi connectivity index (χ0) is 15.1. The normalized spacial score (nSPS) is 18.8. The predicted molar refractivity (Wildman–Crippen MR) is 84.9 cm³/mol. The SMILES string of the molecule is Cc1sc(-c2nnc(C3CC3)o2)cc1NC(=O)C1CCCC1. The first-order valence-corrected chi connectivity index (χ1v) is 8.77. The summed E-state index contributed by atoms with van der Waals surface area (Å²) in [6, 6.07) is 1.96. The highest BCUT2D eigenvalue weighted by molar-refractivity contribution is 7.15. The van der Waals surface area contributed by atoms with E-state index in [0.717, 1.165) is 59.9 Å². The third-order valence-electron chi connectivity index (χ3n) is 4.48. The number of nitrogens with one attached hydrogen (secondary N) is 1. The van der Waals surface area contributed by atoms with Crippen LogP contribution in [0.15, 0.2) is 10.5 Å². The molecule has 0 saturated heterocycles. The molecule has 0 aliphatic heterocycles. The minimum absolute atomic E-state index is 0.147. The number of aryl methyl sites for hydroxylation is 1. The van der Waals surface area contributed by atoms with Gasteiger partial charge in [-0.05, 0) is 38.7 Å². The van der Waals surface area contributed by atoms with Crippen LogP contribution in [0.25, 0.3) is 10.8 Å². The number of rotatable bonds is 4. The summed E-state index contributed by atoms with van der Waals surface area (Å²) in [7, 11) is 0. The van der Waals surface area contributed by atoms with Crippen LogP contribution in [-0.2, 0) is 4.79 Å². The van der Waals surface area contributed by atoms with Gasteiger partial charge in [0.2, 0.25) is 11.8 Å². The Morgan fingerprint density at radius 1 is 1.27 bits per heavy atom. The van der Waals surface area contributed by atoms with Crippen molar-refractivity contribution < 1.29 is 9.21 Å². The van der Waals surface area contributed by atoms with Crippen molar-refractivity contribution in [3.05, 3.63) is 16.8 Å². The fourth-order valence-corrected chi connectivity index (χ4v) is 3.86. The summed E-state index contributed by atoms with van der Waals surface area (Å²) in [4.78, 5) is 14.3. The van der Waals surface area contributed by atoms with E-state index in [1.165, 1.54) is 0 Å². The molecule has 5 nitrogen and oxygen atoms in total. The summed E-state index contributed by atoms with van der Waals surface area (Å²) in [5.74, 6) is 2.10. The Morgan fingerprint density at radius 3 is 2.77 bits per heavy atom. The van der Waals surface area contributed by atoms with Gasteiger partial charge < -0.3 is 9.73 Å². The van der Waals surface area contributed by atoms with Crippen LogP contribution in [0, 0.1) is 12.8 Å². The highest BCUT2D eigenvalue weighted by Crippen LogP contribution is 2.41. The second-order valence-electron chi connectivity index (χ2n) is 6.27. The molecule has 1 amide bonds. The van der Waals surface area contributed by atoms with Gasteiger partial charge in [0.25, 0.3) is 5.89 Å². The molecule has 0 radical (unpaired) electrons. The first-order chi connectivity index (χ1) is 10.7. The number of nitrogens with zero attached hydrogens (tertiary/aromatic N) is 2. The van der Waals surface area contributed by atoms with Gasteiger partial charge in [-0.3, -0.25) is 4.79 Å². The average molecular weight is 317 g/mol. The van der Waals surface area contributed by atoms with Crippen LogP contribution in [0.3, 0.4) is 0 Å². The molecule has 4 rings (SSSR count). The molecule has 0 spiro atoms. The molecule has 2 aliphatic rings. The molecular formula is C16H19N3O2S. The van der Waals surface area contributed by atoms with E-state index in [4.69, 9.17) is 4.42 Å². The molecule has 2 aliphatic carbocycles. The number of hydrogen-bond acceptors (Lipinski definition) is 5. The van der Waals surface area contributed by atoms with Crippen LogP contribution in [0.4, 0.5) is 5.69 Å². The lowest BCUT2D eigenvalue weighted by Crippen LogP contribution is -2.20. The van der Waals surface area contributed by atoms with Crippen molar-refractivity contribution in [2.75, 3.05) is 5.32 Å². The Bertz CT molecular complexity index is 696. The third kappa shape index (κ3) is 2.67. The van der Waals surface area contributed by atoms with Gasteiger partial charge in [-0.25, -0.2) is 0 Å². The minimum atomic E-state index is 0.147. The summed E-state index contributed by atoms with van der Waals surface area (Å²) in [6.07, 6.45) is 6.64. The molecule has 2 saturated carbocycles. The number of thiophene rings is 1. The van der Waals surface area contributed by atoms with E-state index >= 15 is 0 Å². The summed E-state index contributed by atoms with van der Waals surface area (Å²) < 4.78 is 5.74. The largest absolute Gasteiger partial charge is 0.420 e. The summed E-state index contributed by atoms with van der Waals surface area (Å²) in [5.41, 5.74) is 0.878. The quantitative estimate of drug-likeness (QED) is 0.921. The molecule has 2 fully saturated rings. The third-order valence-corrected chi connectivity index (χ3v) is 5.52. The van der Waals surface area contributed by atoms with Crippen LogP contribution < -0.4 is 5.32 Å². The maximum Gasteiger partial charge on any atom is 0.257 e. The smallest absolute Gasteiger partial charge is 0.257 e. The van der Waals surface area contributed by atoms with Crippen molar-refractivity contribution in [1.29, 1.82) is 0 Å². The fraction of sp³-hybridized carbons (Fsp3) is 0.562. The molecule has 2 heterocycles. The van der Waals surface area contributed by atoms with E-state index in [1.54, 1.807) is 11.3 Å². The fourth-order valence-electron chi connectivity index (χ4n) is 2.96. The Kier molecular flexibility index (Phi) is 3.48. The van der Waals surface area contributed by atoms with Crippen LogP contribution in [0.1, 0.15) is 55.2 Å². The Hall–Kier alpha value is -1.69. The maximum atomic E-state index is 12.3. The van der Waals surface area contributed by atoms with Crippen molar-refractivity contribution in [3.63, 3.8) is 0 Å². The van der Waals surface area contributed by atoms with Crippen molar-refractivity contribution in [2.24, 2.45) is 5.92 Å². The number of carbonyl (C=O) groups is 1. The molecule has 22 heavy (non-hydrogen) atoms. The Morgan fingerprint density at radius 2 is 2.05 bits per heavy atom. The highest BCUT2D eigenvalue weighted by Gasteiger charge is 2.30. The van der Waals surface area contributed by atoms with Crippen molar-refractivity contribution in [2.45, 2.75) is 51.4 Å². The summed E-state index contributed by atoms with van der Waals surface area (Å²) in [5, 5.41) is 11.3. The molecule has 2 aromatic heterocycles. The van der Waals surface area contributed by atoms with Gasteiger partial charge in [-0.1, -0.05) is 12.8 Å². The lowest BCUT2D eigenvalue weighted by molar-refractivity contribution is -0.119. The zero-order valence-corrected chi connectivity index (χ0v) is 13.4. The van der Waals surface area contributed by atoms with E-state index in [-0.39, 0.29) is 11.8 Å². The predicted octanol–water partition coefficient (Wildman–Crippen LogP) is 4.11. The van der Waals surface area contributed by atoms with Gasteiger partial charge >= 0.3 is 0 Å². The molecule has 0 atom stereocenters. The van der Waals surface area contributed by atoms with Gasteiger partial charge in [0.05, 0.1) is 10.6 Å². The standard InChI is InChI=1S/C16H19N3O2S/c1-9-12(17-14(20)10-4-2-3-5-10)8-13(22-9)16-19-18-15(21-16)11-6-7-11/h8,10-11H,2-7H2,1H3,(H,17,20). The number of amides is 1.